The number of fused-ring (bicyclic) bond motifs is 10. The van der Waals surface area contributed by atoms with Gasteiger partial charge in [0.15, 0.2) is 0 Å². The summed E-state index contributed by atoms with van der Waals surface area (Å²) in [7, 11) is 0. The Kier molecular flexibility index (Phi) is 7.06. The van der Waals surface area contributed by atoms with E-state index >= 15 is 0 Å². The van der Waals surface area contributed by atoms with Crippen LogP contribution in [-0.2, 0) is 13.2 Å². The predicted octanol–water partition coefficient (Wildman–Crippen LogP) is 9.54. The number of hydrazine groups is 1. The Hall–Kier alpha value is -5.65. The summed E-state index contributed by atoms with van der Waals surface area (Å²) in [5.41, 5.74) is 16.0. The normalized spacial score (nSPS) is 17.4. The van der Waals surface area contributed by atoms with Gasteiger partial charge in [-0.25, -0.2) is 0 Å². The van der Waals surface area contributed by atoms with Gasteiger partial charge in [0.05, 0.1) is 23.9 Å². The average Bonchev–Trinajstić information content (AvgIpc) is 3.66. The molecule has 0 amide bonds. The van der Waals surface area contributed by atoms with Gasteiger partial charge in [-0.3, -0.25) is 5.41 Å². The minimum Gasteiger partial charge on any atom is -0.333 e. The maximum absolute atomic E-state index is 9.04. The van der Waals surface area contributed by atoms with E-state index in [4.69, 9.17) is 5.41 Å². The molecule has 2 heterocycles. The van der Waals surface area contributed by atoms with Gasteiger partial charge >= 0.3 is 0 Å². The zero-order valence-electron chi connectivity index (χ0n) is 26.8. The lowest BCUT2D eigenvalue weighted by atomic mass is 9.75. The van der Waals surface area contributed by atoms with E-state index in [0.29, 0.717) is 19.0 Å². The number of para-hydroxylation sites is 2. The minimum atomic E-state index is 0.157. The fourth-order valence-corrected chi connectivity index (χ4v) is 8.13. The molecule has 2 atom stereocenters. The van der Waals surface area contributed by atoms with E-state index in [1.165, 1.54) is 55.8 Å². The van der Waals surface area contributed by atoms with Gasteiger partial charge in [-0.1, -0.05) is 133 Å². The lowest BCUT2D eigenvalue weighted by Crippen LogP contribution is -2.43. The van der Waals surface area contributed by atoms with Crippen molar-refractivity contribution >= 4 is 22.4 Å². The van der Waals surface area contributed by atoms with Crippen LogP contribution in [0.4, 0.5) is 5.69 Å². The van der Waals surface area contributed by atoms with Crippen LogP contribution in [0.2, 0.25) is 0 Å². The smallest absolute Gasteiger partial charge is 0.140 e. The third-order valence-corrected chi connectivity index (χ3v) is 10.1. The van der Waals surface area contributed by atoms with Gasteiger partial charge in [-0.15, -0.1) is 0 Å². The maximum Gasteiger partial charge on any atom is 0.140 e. The molecule has 0 saturated heterocycles. The van der Waals surface area contributed by atoms with Crippen molar-refractivity contribution in [1.82, 2.24) is 15.0 Å². The summed E-state index contributed by atoms with van der Waals surface area (Å²) in [6, 6.07) is 47.6. The largest absolute Gasteiger partial charge is 0.333 e. The number of aromatic nitrogens is 1. The van der Waals surface area contributed by atoms with Crippen molar-refractivity contribution in [2.24, 2.45) is 0 Å². The topological polar surface area (TPSA) is 47.3 Å². The van der Waals surface area contributed by atoms with Crippen LogP contribution < -0.4 is 10.3 Å². The second kappa shape index (κ2) is 11.9. The Balaban J connectivity index is 1.23. The molecule has 2 N–H and O–H groups in total. The average molecular weight is 624 g/mol. The van der Waals surface area contributed by atoms with E-state index in [0.717, 1.165) is 18.4 Å². The molecule has 9 rings (SSSR count). The first kappa shape index (κ1) is 28.6. The molecular formula is C43H37N5. The summed E-state index contributed by atoms with van der Waals surface area (Å²) >= 11 is 0. The summed E-state index contributed by atoms with van der Waals surface area (Å²) in [4.78, 5) is 2.61. The SMILES string of the molecule is N=C(NN(Cc1ccccc1)Cn1c2c(c3ccccc31)C1c3ccccc3N(C3=CCCC=C3)C1c1ccccc1-2)c1ccccc1. The number of rotatable bonds is 7. The van der Waals surface area contributed by atoms with Crippen molar-refractivity contribution < 1.29 is 0 Å². The lowest BCUT2D eigenvalue weighted by Gasteiger charge is -2.37. The Bertz CT molecular complexity index is 2210. The number of hydrogen-bond acceptors (Lipinski definition) is 3. The van der Waals surface area contributed by atoms with Gasteiger partial charge in [-0.2, -0.15) is 5.01 Å². The van der Waals surface area contributed by atoms with E-state index in [-0.39, 0.29) is 12.0 Å². The number of amidine groups is 1. The highest BCUT2D eigenvalue weighted by Gasteiger charge is 2.48. The Morgan fingerprint density at radius 2 is 1.46 bits per heavy atom. The number of nitrogens with one attached hydrogen (secondary N) is 2. The van der Waals surface area contributed by atoms with E-state index in [1.807, 2.05) is 30.3 Å². The van der Waals surface area contributed by atoms with Crippen LogP contribution in [0.5, 0.6) is 0 Å². The third kappa shape index (κ3) is 4.70. The summed E-state index contributed by atoms with van der Waals surface area (Å²) < 4.78 is 2.49. The van der Waals surface area contributed by atoms with Crippen LogP contribution in [0.25, 0.3) is 22.2 Å². The number of benzene rings is 5. The highest BCUT2D eigenvalue weighted by molar-refractivity contribution is 5.97. The summed E-state index contributed by atoms with van der Waals surface area (Å²) in [5.74, 6) is 0.554. The van der Waals surface area contributed by atoms with Crippen molar-refractivity contribution in [3.8, 4) is 11.3 Å². The quantitative estimate of drug-likeness (QED) is 0.106. The second-order valence-corrected chi connectivity index (χ2v) is 12.9. The van der Waals surface area contributed by atoms with Gasteiger partial charge in [-0.05, 0) is 53.3 Å². The summed E-state index contributed by atoms with van der Waals surface area (Å²) in [5, 5.41) is 12.5. The predicted molar refractivity (Wildman–Crippen MR) is 196 cm³/mol. The molecule has 0 radical (unpaired) electrons. The zero-order chi connectivity index (χ0) is 32.0. The molecule has 234 valence electrons. The molecule has 0 saturated carbocycles. The first-order valence-electron chi connectivity index (χ1n) is 16.9. The second-order valence-electron chi connectivity index (χ2n) is 12.9. The molecule has 2 aliphatic carbocycles. The van der Waals surface area contributed by atoms with E-state index in [2.05, 4.69) is 141 Å². The number of hydrogen-bond donors (Lipinski definition) is 2. The molecule has 3 aliphatic rings. The Morgan fingerprint density at radius 3 is 2.27 bits per heavy atom. The highest BCUT2D eigenvalue weighted by Crippen LogP contribution is 2.61. The Morgan fingerprint density at radius 1 is 0.750 bits per heavy atom. The molecule has 0 spiro atoms. The van der Waals surface area contributed by atoms with E-state index in [1.54, 1.807) is 0 Å². The lowest BCUT2D eigenvalue weighted by molar-refractivity contribution is 0.176. The molecule has 1 aromatic heterocycles. The molecule has 0 fully saturated rings. The molecule has 5 aromatic carbocycles. The zero-order valence-corrected chi connectivity index (χ0v) is 26.8. The molecule has 5 nitrogen and oxygen atoms in total. The van der Waals surface area contributed by atoms with Gasteiger partial charge < -0.3 is 14.9 Å². The molecule has 6 aromatic rings. The third-order valence-electron chi connectivity index (χ3n) is 10.1. The molecular weight excluding hydrogens is 587 g/mol. The number of nitrogens with zero attached hydrogens (tertiary/aromatic N) is 3. The van der Waals surface area contributed by atoms with Crippen molar-refractivity contribution in [2.45, 2.75) is 38.0 Å². The standard InChI is InChI=1S/C43H37N5/c44-43(31-18-6-2-7-19-31)45-46(28-30-16-4-1-5-17-30)29-47-37-26-14-12-24-35(37)39-40-36-25-13-15-27-38(36)48(32-20-8-3-9-21-32)42(40)34-23-11-10-22-33(34)41(39)47/h1-2,4-8,10-27,40,42H,3,9,28-29H2,(H2,44,45). The van der Waals surface area contributed by atoms with Gasteiger partial charge in [0.25, 0.3) is 0 Å². The van der Waals surface area contributed by atoms with Crippen LogP contribution >= 0.6 is 0 Å². The molecule has 1 aliphatic heterocycles. The first-order chi connectivity index (χ1) is 23.8. The van der Waals surface area contributed by atoms with E-state index < -0.39 is 0 Å². The fraction of sp³-hybridized carbons (Fsp3) is 0.140. The maximum atomic E-state index is 9.04. The van der Waals surface area contributed by atoms with Crippen molar-refractivity contribution in [3.05, 3.63) is 185 Å². The first-order valence-corrected chi connectivity index (χ1v) is 16.9. The van der Waals surface area contributed by atoms with Crippen LogP contribution in [0, 0.1) is 5.41 Å². The van der Waals surface area contributed by atoms with Gasteiger partial charge in [0.1, 0.15) is 5.84 Å². The Labute approximate surface area is 281 Å². The summed E-state index contributed by atoms with van der Waals surface area (Å²) in [6.07, 6.45) is 9.21. The van der Waals surface area contributed by atoms with Gasteiger partial charge in [0.2, 0.25) is 0 Å². The molecule has 5 heteroatoms. The molecule has 0 bridgehead atoms. The van der Waals surface area contributed by atoms with Crippen LogP contribution in [0.3, 0.4) is 0 Å². The van der Waals surface area contributed by atoms with Crippen LogP contribution in [0.1, 0.15) is 52.6 Å². The summed E-state index contributed by atoms with van der Waals surface area (Å²) in [6.45, 7) is 1.20. The van der Waals surface area contributed by atoms with Crippen LogP contribution in [0.15, 0.2) is 157 Å². The van der Waals surface area contributed by atoms with Gasteiger partial charge in [0, 0.05) is 40.4 Å². The number of allylic oxidation sites excluding steroid dienone is 3. The van der Waals surface area contributed by atoms with Crippen LogP contribution in [-0.4, -0.2) is 15.4 Å². The molecule has 48 heavy (non-hydrogen) atoms. The number of anilines is 1. The van der Waals surface area contributed by atoms with Crippen molar-refractivity contribution in [3.63, 3.8) is 0 Å². The molecule has 2 unspecified atom stereocenters. The fourth-order valence-electron chi connectivity index (χ4n) is 8.13. The van der Waals surface area contributed by atoms with Crippen molar-refractivity contribution in [2.75, 3.05) is 4.90 Å². The highest BCUT2D eigenvalue weighted by atomic mass is 15.5. The van der Waals surface area contributed by atoms with Crippen molar-refractivity contribution in [1.29, 1.82) is 5.41 Å². The monoisotopic (exact) mass is 623 g/mol. The minimum absolute atomic E-state index is 0.157. The van der Waals surface area contributed by atoms with E-state index in [9.17, 15) is 0 Å².